The van der Waals surface area contributed by atoms with Crippen molar-refractivity contribution < 1.29 is 28.4 Å². The van der Waals surface area contributed by atoms with Crippen LogP contribution in [0.1, 0.15) is 18.1 Å². The average Bonchev–Trinajstić information content (AvgIpc) is 2.59. The molecule has 0 fully saturated rings. The predicted octanol–water partition coefficient (Wildman–Crippen LogP) is 3.16. The average molecular weight is 362 g/mol. The highest BCUT2D eigenvalue weighted by Gasteiger charge is 2.41. The van der Waals surface area contributed by atoms with Gasteiger partial charge in [0.25, 0.3) is 0 Å². The van der Waals surface area contributed by atoms with Gasteiger partial charge in [-0.2, -0.15) is 0 Å². The van der Waals surface area contributed by atoms with E-state index in [4.69, 9.17) is 19.0 Å². The highest BCUT2D eigenvalue weighted by Crippen LogP contribution is 2.42. The molecule has 6 nitrogen and oxygen atoms in total. The van der Waals surface area contributed by atoms with Crippen LogP contribution in [0.15, 0.2) is 72.8 Å². The first kappa shape index (κ1) is 19.1. The molecular weight excluding hydrogens is 343 g/mol. The van der Waals surface area contributed by atoms with Gasteiger partial charge in [-0.1, -0.05) is 67.2 Å². The van der Waals surface area contributed by atoms with Crippen LogP contribution in [0.25, 0.3) is 0 Å². The Morgan fingerprint density at radius 3 is 1.84 bits per heavy atom. The lowest BCUT2D eigenvalue weighted by Gasteiger charge is -2.34. The number of carbonyl (C=O) groups excluding carboxylic acids is 1. The SMILES string of the molecule is C=C(C)C(=O)OC(COP(=O)(O)O)(c1ccccc1)c1ccccc1. The van der Waals surface area contributed by atoms with E-state index in [-0.39, 0.29) is 5.57 Å². The van der Waals surface area contributed by atoms with E-state index in [2.05, 4.69) is 6.58 Å². The summed E-state index contributed by atoms with van der Waals surface area (Å²) >= 11 is 0. The fourth-order valence-corrected chi connectivity index (χ4v) is 2.67. The Morgan fingerprint density at radius 2 is 1.48 bits per heavy atom. The fourth-order valence-electron chi connectivity index (χ4n) is 2.32. The quantitative estimate of drug-likeness (QED) is 0.446. The lowest BCUT2D eigenvalue weighted by molar-refractivity contribution is -0.155. The number of phosphoric ester groups is 1. The van der Waals surface area contributed by atoms with Crippen LogP contribution in [0, 0.1) is 0 Å². The van der Waals surface area contributed by atoms with Gasteiger partial charge in [0.15, 0.2) is 5.60 Å². The van der Waals surface area contributed by atoms with E-state index in [0.29, 0.717) is 11.1 Å². The van der Waals surface area contributed by atoms with Gasteiger partial charge in [-0.15, -0.1) is 0 Å². The Morgan fingerprint density at radius 1 is 1.04 bits per heavy atom. The Labute approximate surface area is 146 Å². The van der Waals surface area contributed by atoms with Gasteiger partial charge >= 0.3 is 13.8 Å². The van der Waals surface area contributed by atoms with Gasteiger partial charge in [-0.05, 0) is 6.92 Å². The number of benzene rings is 2. The van der Waals surface area contributed by atoms with E-state index < -0.39 is 26.0 Å². The molecule has 2 aromatic carbocycles. The van der Waals surface area contributed by atoms with Crippen molar-refractivity contribution in [2.75, 3.05) is 6.61 Å². The van der Waals surface area contributed by atoms with Crippen molar-refractivity contribution in [3.63, 3.8) is 0 Å². The van der Waals surface area contributed by atoms with Crippen molar-refractivity contribution in [2.24, 2.45) is 0 Å². The zero-order valence-electron chi connectivity index (χ0n) is 13.7. The minimum absolute atomic E-state index is 0.160. The molecule has 2 rings (SSSR count). The summed E-state index contributed by atoms with van der Waals surface area (Å²) in [6.07, 6.45) is 0. The Bertz CT molecular complexity index is 742. The number of hydrogen-bond donors (Lipinski definition) is 2. The third-order valence-electron chi connectivity index (χ3n) is 3.53. The molecule has 0 atom stereocenters. The van der Waals surface area contributed by atoms with Crippen molar-refractivity contribution in [3.05, 3.63) is 83.9 Å². The third kappa shape index (κ3) is 4.87. The molecule has 25 heavy (non-hydrogen) atoms. The standard InChI is InChI=1S/C18H19O6P/c1-14(2)17(19)24-18(13-23-25(20,21)22,15-9-5-3-6-10-15)16-11-7-4-8-12-16/h3-12H,1,13H2,2H3,(H2,20,21,22). The number of phosphoric acid groups is 1. The van der Waals surface area contributed by atoms with Gasteiger partial charge in [0.2, 0.25) is 0 Å². The number of esters is 1. The van der Waals surface area contributed by atoms with Crippen molar-refractivity contribution in [1.29, 1.82) is 0 Å². The molecule has 0 amide bonds. The first-order valence-electron chi connectivity index (χ1n) is 7.44. The highest BCUT2D eigenvalue weighted by molar-refractivity contribution is 7.46. The fraction of sp³-hybridized carbons (Fsp3) is 0.167. The van der Waals surface area contributed by atoms with Crippen molar-refractivity contribution >= 4 is 13.8 Å². The number of carbonyl (C=O) groups is 1. The maximum atomic E-state index is 12.3. The van der Waals surface area contributed by atoms with Gasteiger partial charge in [0, 0.05) is 16.7 Å². The first-order chi connectivity index (χ1) is 11.7. The van der Waals surface area contributed by atoms with Crippen LogP contribution in [0.5, 0.6) is 0 Å². The maximum absolute atomic E-state index is 12.3. The Kier molecular flexibility index (Phi) is 5.93. The van der Waals surface area contributed by atoms with Crippen LogP contribution in [0.4, 0.5) is 0 Å². The molecule has 0 saturated heterocycles. The van der Waals surface area contributed by atoms with Crippen LogP contribution in [-0.2, 0) is 24.2 Å². The van der Waals surface area contributed by atoms with E-state index in [0.717, 1.165) is 0 Å². The number of rotatable bonds is 7. The smallest absolute Gasteiger partial charge is 0.443 e. The number of ether oxygens (including phenoxy) is 1. The summed E-state index contributed by atoms with van der Waals surface area (Å²) in [6, 6.07) is 17.3. The van der Waals surface area contributed by atoms with E-state index in [1.807, 2.05) is 0 Å². The van der Waals surface area contributed by atoms with Gasteiger partial charge < -0.3 is 14.5 Å². The summed E-state index contributed by atoms with van der Waals surface area (Å²) in [5.74, 6) is -0.693. The van der Waals surface area contributed by atoms with Crippen LogP contribution in [0.3, 0.4) is 0 Å². The number of hydrogen-bond acceptors (Lipinski definition) is 4. The minimum Gasteiger partial charge on any atom is -0.443 e. The van der Waals surface area contributed by atoms with E-state index in [9.17, 15) is 9.36 Å². The second kappa shape index (κ2) is 7.76. The van der Waals surface area contributed by atoms with Crippen LogP contribution in [0.2, 0.25) is 0 Å². The molecule has 2 aromatic rings. The topological polar surface area (TPSA) is 93.1 Å². The van der Waals surface area contributed by atoms with Crippen LogP contribution in [-0.4, -0.2) is 22.4 Å². The molecule has 2 N–H and O–H groups in total. The van der Waals surface area contributed by atoms with Crippen molar-refractivity contribution in [1.82, 2.24) is 0 Å². The summed E-state index contributed by atoms with van der Waals surface area (Å²) in [5, 5.41) is 0. The van der Waals surface area contributed by atoms with Gasteiger partial charge in [-0.3, -0.25) is 4.52 Å². The van der Waals surface area contributed by atoms with E-state index in [1.54, 1.807) is 60.7 Å². The normalized spacial score (nSPS) is 11.8. The van der Waals surface area contributed by atoms with Crippen LogP contribution < -0.4 is 0 Å². The minimum atomic E-state index is -4.78. The molecule has 0 aliphatic carbocycles. The highest BCUT2D eigenvalue weighted by atomic mass is 31.2. The van der Waals surface area contributed by atoms with E-state index in [1.165, 1.54) is 6.92 Å². The zero-order chi connectivity index (χ0) is 18.5. The predicted molar refractivity (Wildman–Crippen MR) is 92.6 cm³/mol. The lowest BCUT2D eigenvalue weighted by atomic mass is 9.86. The van der Waals surface area contributed by atoms with Crippen molar-refractivity contribution in [2.45, 2.75) is 12.5 Å². The molecule has 0 aliphatic heterocycles. The van der Waals surface area contributed by atoms with Crippen molar-refractivity contribution in [3.8, 4) is 0 Å². The second-order valence-corrected chi connectivity index (χ2v) is 6.73. The second-order valence-electron chi connectivity index (χ2n) is 5.49. The summed E-state index contributed by atoms with van der Waals surface area (Å²) in [4.78, 5) is 30.6. The molecule has 0 spiro atoms. The zero-order valence-corrected chi connectivity index (χ0v) is 14.6. The maximum Gasteiger partial charge on any atom is 0.469 e. The lowest BCUT2D eigenvalue weighted by Crippen LogP contribution is -2.38. The largest absolute Gasteiger partial charge is 0.469 e. The van der Waals surface area contributed by atoms with Crippen LogP contribution >= 0.6 is 7.82 Å². The molecule has 0 unspecified atom stereocenters. The molecule has 0 heterocycles. The first-order valence-corrected chi connectivity index (χ1v) is 8.97. The molecule has 132 valence electrons. The van der Waals surface area contributed by atoms with Gasteiger partial charge in [0.05, 0.1) is 0 Å². The Balaban J connectivity index is 2.61. The van der Waals surface area contributed by atoms with Gasteiger partial charge in [-0.25, -0.2) is 9.36 Å². The third-order valence-corrected chi connectivity index (χ3v) is 4.00. The summed E-state index contributed by atoms with van der Waals surface area (Å²) in [6.45, 7) is 4.51. The molecular formula is C18H19O6P. The monoisotopic (exact) mass is 362 g/mol. The molecule has 0 bridgehead atoms. The van der Waals surface area contributed by atoms with E-state index >= 15 is 0 Å². The summed E-state index contributed by atoms with van der Waals surface area (Å²) in [5.41, 5.74) is -0.333. The molecule has 7 heteroatoms. The van der Waals surface area contributed by atoms with Gasteiger partial charge in [0.1, 0.15) is 6.61 Å². The summed E-state index contributed by atoms with van der Waals surface area (Å²) in [7, 11) is -4.78. The molecule has 0 aromatic heterocycles. The molecule has 0 aliphatic rings. The molecule has 0 saturated carbocycles. The summed E-state index contributed by atoms with van der Waals surface area (Å²) < 4.78 is 21.7. The molecule has 0 radical (unpaired) electrons. The Hall–Kier alpha value is -2.24.